The second-order valence-electron chi connectivity index (χ2n) is 6.29. The summed E-state index contributed by atoms with van der Waals surface area (Å²) in [5.74, 6) is -0.290. The van der Waals surface area contributed by atoms with Crippen molar-refractivity contribution >= 4 is 12.0 Å². The molecule has 1 heterocycles. The summed E-state index contributed by atoms with van der Waals surface area (Å²) >= 11 is 0. The Labute approximate surface area is 154 Å². The van der Waals surface area contributed by atoms with Crippen molar-refractivity contribution in [3.8, 4) is 0 Å². The number of carbonyl (C=O) groups is 2. The fraction of sp³-hybridized carbons (Fsp3) is 0.350. The average molecular weight is 355 g/mol. The molecule has 1 aromatic carbocycles. The van der Waals surface area contributed by atoms with Crippen LogP contribution in [-0.2, 0) is 22.6 Å². The number of aromatic nitrogens is 1. The van der Waals surface area contributed by atoms with E-state index in [0.717, 1.165) is 11.3 Å². The minimum absolute atomic E-state index is 0.0610. The molecule has 138 valence electrons. The van der Waals surface area contributed by atoms with E-state index in [9.17, 15) is 9.59 Å². The highest BCUT2D eigenvalue weighted by molar-refractivity contribution is 5.85. The maximum Gasteiger partial charge on any atom is 0.408 e. The second kappa shape index (κ2) is 10.2. The number of benzene rings is 1. The van der Waals surface area contributed by atoms with Gasteiger partial charge in [0.1, 0.15) is 12.6 Å². The number of hydrogen-bond acceptors (Lipinski definition) is 4. The molecule has 2 amide bonds. The first-order chi connectivity index (χ1) is 12.6. The minimum atomic E-state index is -0.651. The number of carbonyl (C=O) groups excluding carboxylic acids is 2. The van der Waals surface area contributed by atoms with Gasteiger partial charge in [0.2, 0.25) is 5.91 Å². The van der Waals surface area contributed by atoms with Crippen LogP contribution < -0.4 is 10.6 Å². The van der Waals surface area contributed by atoms with E-state index in [0.29, 0.717) is 13.0 Å². The van der Waals surface area contributed by atoms with Crippen molar-refractivity contribution in [1.82, 2.24) is 15.6 Å². The molecule has 1 atom stereocenters. The summed E-state index contributed by atoms with van der Waals surface area (Å²) in [6, 6.07) is 14.4. The highest BCUT2D eigenvalue weighted by Gasteiger charge is 2.24. The molecule has 0 aliphatic heterocycles. The van der Waals surface area contributed by atoms with Crippen LogP contribution in [0.1, 0.15) is 25.1 Å². The lowest BCUT2D eigenvalue weighted by atomic mass is 10.0. The number of pyridine rings is 1. The van der Waals surface area contributed by atoms with Gasteiger partial charge < -0.3 is 15.4 Å². The average Bonchev–Trinajstić information content (AvgIpc) is 2.65. The van der Waals surface area contributed by atoms with E-state index >= 15 is 0 Å². The quantitative estimate of drug-likeness (QED) is 0.763. The molecule has 0 saturated carbocycles. The van der Waals surface area contributed by atoms with Crippen LogP contribution in [-0.4, -0.2) is 29.6 Å². The van der Waals surface area contributed by atoms with Crippen LogP contribution in [0.2, 0.25) is 0 Å². The Kier molecular flexibility index (Phi) is 7.61. The minimum Gasteiger partial charge on any atom is -0.445 e. The first-order valence-electron chi connectivity index (χ1n) is 8.71. The van der Waals surface area contributed by atoms with Crippen LogP contribution in [0.5, 0.6) is 0 Å². The van der Waals surface area contributed by atoms with Crippen LogP contribution >= 0.6 is 0 Å². The predicted octanol–water partition coefficient (Wildman–Crippen LogP) is 2.69. The summed E-state index contributed by atoms with van der Waals surface area (Å²) in [6.07, 6.45) is 1.75. The van der Waals surface area contributed by atoms with Gasteiger partial charge in [-0.3, -0.25) is 9.78 Å². The Hall–Kier alpha value is -2.89. The maximum atomic E-state index is 12.4. The smallest absolute Gasteiger partial charge is 0.408 e. The number of rotatable bonds is 8. The summed E-state index contributed by atoms with van der Waals surface area (Å²) in [5.41, 5.74) is 1.80. The summed E-state index contributed by atoms with van der Waals surface area (Å²) < 4.78 is 5.19. The molecule has 2 rings (SSSR count). The fourth-order valence-electron chi connectivity index (χ4n) is 2.40. The Morgan fingerprint density at radius 3 is 2.46 bits per heavy atom. The topological polar surface area (TPSA) is 80.3 Å². The molecule has 6 heteroatoms. The molecule has 0 spiro atoms. The third kappa shape index (κ3) is 6.55. The van der Waals surface area contributed by atoms with Gasteiger partial charge in [-0.25, -0.2) is 4.79 Å². The number of ether oxygens (including phenoxy) is 1. The van der Waals surface area contributed by atoms with Gasteiger partial charge in [0.25, 0.3) is 0 Å². The second-order valence-corrected chi connectivity index (χ2v) is 6.29. The monoisotopic (exact) mass is 355 g/mol. The molecule has 0 aliphatic rings. The molecule has 26 heavy (non-hydrogen) atoms. The van der Waals surface area contributed by atoms with Crippen molar-refractivity contribution in [3.63, 3.8) is 0 Å². The van der Waals surface area contributed by atoms with E-state index in [4.69, 9.17) is 4.74 Å². The molecule has 1 aromatic heterocycles. The molecule has 6 nitrogen and oxygen atoms in total. The molecule has 1 unspecified atom stereocenters. The summed E-state index contributed by atoms with van der Waals surface area (Å²) in [6.45, 7) is 4.37. The van der Waals surface area contributed by atoms with Crippen molar-refractivity contribution in [1.29, 1.82) is 0 Å². The lowest BCUT2D eigenvalue weighted by Crippen LogP contribution is -2.50. The summed E-state index contributed by atoms with van der Waals surface area (Å²) in [5, 5.41) is 5.49. The standard InChI is InChI=1S/C20H25N3O3/c1-15(2)18(19(24)22-13-11-17-10-6-7-12-21-17)23-20(25)26-14-16-8-4-3-5-9-16/h3-10,12,15,18H,11,13-14H2,1-2H3,(H,22,24)(H,23,25). The molecule has 0 aliphatic carbocycles. The number of hydrogen-bond donors (Lipinski definition) is 2. The highest BCUT2D eigenvalue weighted by Crippen LogP contribution is 2.05. The van der Waals surface area contributed by atoms with Crippen LogP contribution in [0.4, 0.5) is 4.79 Å². The molecule has 0 radical (unpaired) electrons. The molecule has 0 fully saturated rings. The van der Waals surface area contributed by atoms with Crippen molar-refractivity contribution < 1.29 is 14.3 Å². The van der Waals surface area contributed by atoms with E-state index in [2.05, 4.69) is 15.6 Å². The Bertz CT molecular complexity index is 690. The number of amides is 2. The van der Waals surface area contributed by atoms with Gasteiger partial charge in [0.05, 0.1) is 0 Å². The third-order valence-corrected chi connectivity index (χ3v) is 3.84. The van der Waals surface area contributed by atoms with Crippen molar-refractivity contribution in [2.45, 2.75) is 32.9 Å². The lowest BCUT2D eigenvalue weighted by Gasteiger charge is -2.21. The van der Waals surface area contributed by atoms with E-state index in [1.807, 2.05) is 62.4 Å². The zero-order valence-corrected chi connectivity index (χ0v) is 15.1. The Morgan fingerprint density at radius 2 is 1.81 bits per heavy atom. The normalized spacial score (nSPS) is 11.7. The fourth-order valence-corrected chi connectivity index (χ4v) is 2.40. The van der Waals surface area contributed by atoms with Crippen molar-refractivity contribution in [3.05, 3.63) is 66.0 Å². The number of nitrogens with zero attached hydrogens (tertiary/aromatic N) is 1. The Balaban J connectivity index is 1.79. The molecule has 2 N–H and O–H groups in total. The maximum absolute atomic E-state index is 12.4. The van der Waals surface area contributed by atoms with Gasteiger partial charge in [-0.1, -0.05) is 50.2 Å². The SMILES string of the molecule is CC(C)C(NC(=O)OCc1ccccc1)C(=O)NCCc1ccccn1. The van der Waals surface area contributed by atoms with Crippen LogP contribution in [0.15, 0.2) is 54.7 Å². The molecular weight excluding hydrogens is 330 g/mol. The van der Waals surface area contributed by atoms with E-state index in [1.54, 1.807) is 6.20 Å². The van der Waals surface area contributed by atoms with Crippen molar-refractivity contribution in [2.24, 2.45) is 5.92 Å². The van der Waals surface area contributed by atoms with Gasteiger partial charge >= 0.3 is 6.09 Å². The largest absolute Gasteiger partial charge is 0.445 e. The van der Waals surface area contributed by atoms with Crippen LogP contribution in [0.25, 0.3) is 0 Å². The van der Waals surface area contributed by atoms with Crippen LogP contribution in [0, 0.1) is 5.92 Å². The molecule has 0 bridgehead atoms. The van der Waals surface area contributed by atoms with Gasteiger partial charge in [-0.2, -0.15) is 0 Å². The number of nitrogens with one attached hydrogen (secondary N) is 2. The van der Waals surface area contributed by atoms with Crippen LogP contribution in [0.3, 0.4) is 0 Å². The van der Waals surface area contributed by atoms with Gasteiger partial charge in [0.15, 0.2) is 0 Å². The lowest BCUT2D eigenvalue weighted by molar-refractivity contribution is -0.124. The van der Waals surface area contributed by atoms with Crippen molar-refractivity contribution in [2.75, 3.05) is 6.54 Å². The summed E-state index contributed by atoms with van der Waals surface area (Å²) in [7, 11) is 0. The summed E-state index contributed by atoms with van der Waals surface area (Å²) in [4.78, 5) is 28.6. The molecule has 0 saturated heterocycles. The Morgan fingerprint density at radius 1 is 1.08 bits per heavy atom. The van der Waals surface area contributed by atoms with Gasteiger partial charge in [-0.15, -0.1) is 0 Å². The molecule has 2 aromatic rings. The third-order valence-electron chi connectivity index (χ3n) is 3.84. The van der Waals surface area contributed by atoms with Gasteiger partial charge in [-0.05, 0) is 23.6 Å². The first-order valence-corrected chi connectivity index (χ1v) is 8.71. The zero-order chi connectivity index (χ0) is 18.8. The van der Waals surface area contributed by atoms with E-state index < -0.39 is 12.1 Å². The number of alkyl carbamates (subject to hydrolysis) is 1. The zero-order valence-electron chi connectivity index (χ0n) is 15.1. The molecular formula is C20H25N3O3. The van der Waals surface area contributed by atoms with E-state index in [-0.39, 0.29) is 18.4 Å². The van der Waals surface area contributed by atoms with Gasteiger partial charge in [0, 0.05) is 24.9 Å². The van der Waals surface area contributed by atoms with E-state index in [1.165, 1.54) is 0 Å². The predicted molar refractivity (Wildman–Crippen MR) is 99.3 cm³/mol. The first kappa shape index (κ1) is 19.4. The highest BCUT2D eigenvalue weighted by atomic mass is 16.5.